The Labute approximate surface area is 136 Å². The lowest BCUT2D eigenvalue weighted by Gasteiger charge is -2.27. The minimum absolute atomic E-state index is 0.186. The van der Waals surface area contributed by atoms with Gasteiger partial charge in [-0.3, -0.25) is 0 Å². The minimum atomic E-state index is -1.22. The third kappa shape index (κ3) is 5.13. The SMILES string of the molecule is CC(C)(C)c1cc(OC(=O)/C=C\C(=O)O)cc(C(C)(C)C)c1O. The molecule has 0 fully saturated rings. The lowest BCUT2D eigenvalue weighted by atomic mass is 9.79. The maximum Gasteiger partial charge on any atom is 0.336 e. The molecule has 0 aliphatic heterocycles. The fourth-order valence-corrected chi connectivity index (χ4v) is 2.10. The average Bonchev–Trinajstić information content (AvgIpc) is 2.35. The van der Waals surface area contributed by atoms with E-state index in [0.29, 0.717) is 11.1 Å². The highest BCUT2D eigenvalue weighted by Crippen LogP contribution is 2.41. The molecule has 0 spiro atoms. The Morgan fingerprint density at radius 3 is 1.74 bits per heavy atom. The van der Waals surface area contributed by atoms with E-state index in [0.717, 1.165) is 12.2 Å². The first-order valence-electron chi connectivity index (χ1n) is 7.33. The van der Waals surface area contributed by atoms with Crippen LogP contribution in [0.15, 0.2) is 24.3 Å². The number of hydrogen-bond donors (Lipinski definition) is 2. The second-order valence-electron chi connectivity index (χ2n) is 7.46. The number of phenols is 1. The number of rotatable bonds is 3. The quantitative estimate of drug-likeness (QED) is 0.505. The van der Waals surface area contributed by atoms with Gasteiger partial charge in [-0.15, -0.1) is 0 Å². The molecule has 0 amide bonds. The molecule has 1 aromatic rings. The highest BCUT2D eigenvalue weighted by molar-refractivity contribution is 5.91. The third-order valence-corrected chi connectivity index (χ3v) is 3.28. The number of carbonyl (C=O) groups excluding carboxylic acids is 1. The summed E-state index contributed by atoms with van der Waals surface area (Å²) in [7, 11) is 0. The van der Waals surface area contributed by atoms with Gasteiger partial charge in [0.25, 0.3) is 0 Å². The van der Waals surface area contributed by atoms with Crippen molar-refractivity contribution in [3.8, 4) is 11.5 Å². The van der Waals surface area contributed by atoms with E-state index in [1.54, 1.807) is 12.1 Å². The fourth-order valence-electron chi connectivity index (χ4n) is 2.10. The van der Waals surface area contributed by atoms with Crippen molar-refractivity contribution in [1.29, 1.82) is 0 Å². The number of phenolic OH excluding ortho intramolecular Hbond substituents is 1. The Kier molecular flexibility index (Phi) is 5.25. The van der Waals surface area contributed by atoms with E-state index in [1.807, 2.05) is 41.5 Å². The molecule has 0 saturated heterocycles. The van der Waals surface area contributed by atoms with Crippen LogP contribution in [-0.4, -0.2) is 22.2 Å². The zero-order chi connectivity index (χ0) is 18.0. The molecule has 0 aliphatic carbocycles. The zero-order valence-corrected chi connectivity index (χ0v) is 14.4. The van der Waals surface area contributed by atoms with Gasteiger partial charge in [-0.25, -0.2) is 9.59 Å². The minimum Gasteiger partial charge on any atom is -0.507 e. The van der Waals surface area contributed by atoms with Crippen LogP contribution in [0, 0.1) is 0 Å². The third-order valence-electron chi connectivity index (χ3n) is 3.28. The molecule has 0 bridgehead atoms. The zero-order valence-electron chi connectivity index (χ0n) is 14.4. The van der Waals surface area contributed by atoms with Gasteiger partial charge < -0.3 is 14.9 Å². The van der Waals surface area contributed by atoms with Crippen LogP contribution in [0.2, 0.25) is 0 Å². The number of esters is 1. The molecule has 0 aromatic heterocycles. The first-order valence-corrected chi connectivity index (χ1v) is 7.33. The monoisotopic (exact) mass is 320 g/mol. The highest BCUT2D eigenvalue weighted by Gasteiger charge is 2.27. The van der Waals surface area contributed by atoms with Crippen LogP contribution in [-0.2, 0) is 20.4 Å². The molecule has 1 rings (SSSR count). The largest absolute Gasteiger partial charge is 0.507 e. The molecular formula is C18H24O5. The molecule has 0 radical (unpaired) electrons. The van der Waals surface area contributed by atoms with Gasteiger partial charge in [0.2, 0.25) is 0 Å². The molecule has 5 heteroatoms. The summed E-state index contributed by atoms with van der Waals surface area (Å²) >= 11 is 0. The number of aliphatic carboxylic acids is 1. The Morgan fingerprint density at radius 1 is 0.957 bits per heavy atom. The van der Waals surface area contributed by atoms with Crippen molar-refractivity contribution in [2.45, 2.75) is 52.4 Å². The molecule has 0 unspecified atom stereocenters. The number of carbonyl (C=O) groups is 2. The van der Waals surface area contributed by atoms with Gasteiger partial charge in [-0.1, -0.05) is 41.5 Å². The highest BCUT2D eigenvalue weighted by atomic mass is 16.5. The predicted molar refractivity (Wildman–Crippen MR) is 87.9 cm³/mol. The number of hydrogen-bond acceptors (Lipinski definition) is 4. The molecule has 23 heavy (non-hydrogen) atoms. The molecule has 5 nitrogen and oxygen atoms in total. The summed E-state index contributed by atoms with van der Waals surface area (Å²) in [6, 6.07) is 3.22. The van der Waals surface area contributed by atoms with E-state index in [4.69, 9.17) is 9.84 Å². The van der Waals surface area contributed by atoms with Gasteiger partial charge in [-0.2, -0.15) is 0 Å². The van der Waals surface area contributed by atoms with Gasteiger partial charge >= 0.3 is 11.9 Å². The van der Waals surface area contributed by atoms with E-state index in [2.05, 4.69) is 0 Å². The van der Waals surface area contributed by atoms with E-state index < -0.39 is 11.9 Å². The second kappa shape index (κ2) is 6.44. The molecule has 126 valence electrons. The molecule has 0 saturated carbocycles. The standard InChI is InChI=1S/C18H24O5/c1-17(2,3)12-9-11(23-15(21)8-7-14(19)20)10-13(16(12)22)18(4,5)6/h7-10,22H,1-6H3,(H,19,20)/b8-7-. The first kappa shape index (κ1) is 18.7. The van der Waals surface area contributed by atoms with Crippen molar-refractivity contribution in [3.63, 3.8) is 0 Å². The van der Waals surface area contributed by atoms with Crippen LogP contribution >= 0.6 is 0 Å². The summed E-state index contributed by atoms with van der Waals surface area (Å²) in [5.74, 6) is -1.54. The normalized spacial score (nSPS) is 12.4. The summed E-state index contributed by atoms with van der Waals surface area (Å²) in [5, 5.41) is 19.1. The molecule has 2 N–H and O–H groups in total. The predicted octanol–water partition coefficient (Wildman–Crippen LogP) is 3.53. The summed E-state index contributed by atoms with van der Waals surface area (Å²) in [6.45, 7) is 11.7. The fraction of sp³-hybridized carbons (Fsp3) is 0.444. The molecule has 0 aliphatic rings. The summed E-state index contributed by atoms with van der Waals surface area (Å²) in [5.41, 5.74) is 0.636. The molecule has 1 aromatic carbocycles. The summed E-state index contributed by atoms with van der Waals surface area (Å²) < 4.78 is 5.19. The lowest BCUT2D eigenvalue weighted by molar-refractivity contribution is -0.133. The maximum atomic E-state index is 11.7. The topological polar surface area (TPSA) is 83.8 Å². The van der Waals surface area contributed by atoms with Crippen LogP contribution in [0.25, 0.3) is 0 Å². The Balaban J connectivity index is 3.34. The van der Waals surface area contributed by atoms with Crippen molar-refractivity contribution in [2.24, 2.45) is 0 Å². The van der Waals surface area contributed by atoms with Crippen LogP contribution in [0.1, 0.15) is 52.7 Å². The smallest absolute Gasteiger partial charge is 0.336 e. The van der Waals surface area contributed by atoms with Crippen molar-refractivity contribution in [3.05, 3.63) is 35.4 Å². The van der Waals surface area contributed by atoms with Gasteiger partial charge in [0.05, 0.1) is 0 Å². The second-order valence-corrected chi connectivity index (χ2v) is 7.46. The molecule has 0 heterocycles. The van der Waals surface area contributed by atoms with Crippen molar-refractivity contribution < 1.29 is 24.5 Å². The number of benzene rings is 1. The maximum absolute atomic E-state index is 11.7. The lowest BCUT2D eigenvalue weighted by Crippen LogP contribution is -2.18. The Morgan fingerprint density at radius 2 is 1.39 bits per heavy atom. The molecular weight excluding hydrogens is 296 g/mol. The average molecular weight is 320 g/mol. The van der Waals surface area contributed by atoms with Gasteiger partial charge in [0.15, 0.2) is 0 Å². The van der Waals surface area contributed by atoms with Gasteiger partial charge in [0.1, 0.15) is 11.5 Å². The van der Waals surface area contributed by atoms with E-state index in [9.17, 15) is 14.7 Å². The van der Waals surface area contributed by atoms with Crippen LogP contribution < -0.4 is 4.74 Å². The van der Waals surface area contributed by atoms with Crippen LogP contribution in [0.4, 0.5) is 0 Å². The number of carboxylic acids is 1. The Hall–Kier alpha value is -2.30. The van der Waals surface area contributed by atoms with Gasteiger partial charge in [0, 0.05) is 23.3 Å². The van der Waals surface area contributed by atoms with Crippen molar-refractivity contribution in [2.75, 3.05) is 0 Å². The van der Waals surface area contributed by atoms with Crippen molar-refractivity contribution in [1.82, 2.24) is 0 Å². The van der Waals surface area contributed by atoms with Crippen LogP contribution in [0.5, 0.6) is 11.5 Å². The van der Waals surface area contributed by atoms with E-state index in [-0.39, 0.29) is 22.3 Å². The van der Waals surface area contributed by atoms with E-state index in [1.165, 1.54) is 0 Å². The number of aromatic hydroxyl groups is 1. The summed E-state index contributed by atoms with van der Waals surface area (Å²) in [4.78, 5) is 22.1. The van der Waals surface area contributed by atoms with Crippen molar-refractivity contribution >= 4 is 11.9 Å². The first-order chi connectivity index (χ1) is 10.3. The van der Waals surface area contributed by atoms with Crippen LogP contribution in [0.3, 0.4) is 0 Å². The number of carboxylic acid groups (broad SMARTS) is 1. The number of ether oxygens (including phenoxy) is 1. The molecule has 0 atom stereocenters. The summed E-state index contributed by atoms with van der Waals surface area (Å²) in [6.07, 6.45) is 1.57. The van der Waals surface area contributed by atoms with E-state index >= 15 is 0 Å². The Bertz CT molecular complexity index is 607. The van der Waals surface area contributed by atoms with Gasteiger partial charge in [-0.05, 0) is 23.0 Å².